The number of aromatic amines is 1. The molecule has 0 aliphatic heterocycles. The maximum atomic E-state index is 6.01. The Morgan fingerprint density at radius 2 is 1.89 bits per heavy atom. The van der Waals surface area contributed by atoms with Crippen LogP contribution in [0.3, 0.4) is 0 Å². The molecule has 0 aliphatic carbocycles. The molecule has 18 heavy (non-hydrogen) atoms. The average Bonchev–Trinajstić information content (AvgIpc) is 2.69. The number of nitrogens with one attached hydrogen (secondary N) is 1. The Balaban J connectivity index is 2.38. The van der Waals surface area contributed by atoms with Crippen LogP contribution in [-0.2, 0) is 0 Å². The van der Waals surface area contributed by atoms with E-state index < -0.39 is 0 Å². The van der Waals surface area contributed by atoms with E-state index in [0.29, 0.717) is 5.15 Å². The standard InChI is InChI=1S/C14H12ClN3/c1-8-5-3-4-6-10(8)13-11-7-12(15)18-14(11)17-9(2)16-13/h3-7H,1-2H3,(H,16,17,18). The number of nitrogens with zero attached hydrogens (tertiary/aromatic N) is 2. The van der Waals surface area contributed by atoms with E-state index in [1.54, 1.807) is 0 Å². The van der Waals surface area contributed by atoms with Crippen molar-refractivity contribution in [1.29, 1.82) is 0 Å². The number of fused-ring (bicyclic) bond motifs is 1. The van der Waals surface area contributed by atoms with Gasteiger partial charge in [0, 0.05) is 10.9 Å². The maximum absolute atomic E-state index is 6.01. The van der Waals surface area contributed by atoms with Crippen LogP contribution in [-0.4, -0.2) is 15.0 Å². The van der Waals surface area contributed by atoms with Crippen LogP contribution >= 0.6 is 11.6 Å². The van der Waals surface area contributed by atoms with Gasteiger partial charge in [0.1, 0.15) is 16.6 Å². The minimum atomic E-state index is 0.583. The summed E-state index contributed by atoms with van der Waals surface area (Å²) in [6, 6.07) is 10.1. The van der Waals surface area contributed by atoms with Gasteiger partial charge in [-0.1, -0.05) is 35.9 Å². The zero-order valence-corrected chi connectivity index (χ0v) is 10.9. The average molecular weight is 258 g/mol. The molecule has 3 rings (SSSR count). The Bertz CT molecular complexity index is 731. The van der Waals surface area contributed by atoms with Crippen molar-refractivity contribution in [2.75, 3.05) is 0 Å². The number of aryl methyl sites for hydroxylation is 2. The van der Waals surface area contributed by atoms with Crippen molar-refractivity contribution in [1.82, 2.24) is 15.0 Å². The topological polar surface area (TPSA) is 41.6 Å². The van der Waals surface area contributed by atoms with Crippen molar-refractivity contribution in [3.8, 4) is 11.3 Å². The molecule has 0 bridgehead atoms. The summed E-state index contributed by atoms with van der Waals surface area (Å²) in [5, 5.41) is 1.54. The molecule has 1 aromatic carbocycles. The Morgan fingerprint density at radius 1 is 1.11 bits per heavy atom. The molecule has 1 N–H and O–H groups in total. The van der Waals surface area contributed by atoms with Crippen LogP contribution in [0.15, 0.2) is 30.3 Å². The fourth-order valence-electron chi connectivity index (χ4n) is 2.13. The fraction of sp³-hybridized carbons (Fsp3) is 0.143. The predicted molar refractivity (Wildman–Crippen MR) is 73.8 cm³/mol. The highest BCUT2D eigenvalue weighted by molar-refractivity contribution is 6.30. The molecule has 4 heteroatoms. The molecule has 0 saturated carbocycles. The van der Waals surface area contributed by atoms with E-state index in [-0.39, 0.29) is 0 Å². The minimum Gasteiger partial charge on any atom is -0.330 e. The van der Waals surface area contributed by atoms with Gasteiger partial charge in [0.15, 0.2) is 0 Å². The first-order chi connectivity index (χ1) is 8.65. The zero-order chi connectivity index (χ0) is 12.7. The van der Waals surface area contributed by atoms with E-state index >= 15 is 0 Å². The van der Waals surface area contributed by atoms with Gasteiger partial charge >= 0.3 is 0 Å². The smallest absolute Gasteiger partial charge is 0.142 e. The van der Waals surface area contributed by atoms with Gasteiger partial charge in [-0.25, -0.2) is 9.97 Å². The second-order valence-corrected chi connectivity index (χ2v) is 4.72. The fourth-order valence-corrected chi connectivity index (χ4v) is 2.33. The second-order valence-electron chi connectivity index (χ2n) is 4.31. The van der Waals surface area contributed by atoms with Crippen molar-refractivity contribution in [3.05, 3.63) is 46.9 Å². The third-order valence-electron chi connectivity index (χ3n) is 2.97. The molecule has 2 heterocycles. The van der Waals surface area contributed by atoms with E-state index in [9.17, 15) is 0 Å². The molecule has 0 atom stereocenters. The third-order valence-corrected chi connectivity index (χ3v) is 3.17. The van der Waals surface area contributed by atoms with Gasteiger partial charge < -0.3 is 4.98 Å². The molecule has 0 spiro atoms. The highest BCUT2D eigenvalue weighted by Crippen LogP contribution is 2.29. The molecule has 0 amide bonds. The highest BCUT2D eigenvalue weighted by atomic mass is 35.5. The normalized spacial score (nSPS) is 11.1. The number of H-pyrrole nitrogens is 1. The first kappa shape index (κ1) is 11.2. The quantitative estimate of drug-likeness (QED) is 0.718. The van der Waals surface area contributed by atoms with Gasteiger partial charge in [0.25, 0.3) is 0 Å². The monoisotopic (exact) mass is 257 g/mol. The summed E-state index contributed by atoms with van der Waals surface area (Å²) >= 11 is 6.01. The number of benzene rings is 1. The van der Waals surface area contributed by atoms with E-state index in [2.05, 4.69) is 34.0 Å². The van der Waals surface area contributed by atoms with Gasteiger partial charge in [-0.05, 0) is 25.5 Å². The van der Waals surface area contributed by atoms with Crippen molar-refractivity contribution in [2.24, 2.45) is 0 Å². The van der Waals surface area contributed by atoms with E-state index in [1.807, 2.05) is 25.1 Å². The van der Waals surface area contributed by atoms with Crippen LogP contribution in [0.25, 0.3) is 22.3 Å². The predicted octanol–water partition coefficient (Wildman–Crippen LogP) is 3.90. The second kappa shape index (κ2) is 4.10. The van der Waals surface area contributed by atoms with Gasteiger partial charge in [-0.15, -0.1) is 0 Å². The first-order valence-corrected chi connectivity index (χ1v) is 6.12. The molecule has 90 valence electrons. The SMILES string of the molecule is Cc1nc(-c2ccccc2C)c2cc(Cl)[nH]c2n1. The van der Waals surface area contributed by atoms with Crippen LogP contribution in [0, 0.1) is 13.8 Å². The lowest BCUT2D eigenvalue weighted by atomic mass is 10.0. The van der Waals surface area contributed by atoms with Crippen molar-refractivity contribution >= 4 is 22.6 Å². The van der Waals surface area contributed by atoms with Crippen LogP contribution in [0.1, 0.15) is 11.4 Å². The Hall–Kier alpha value is -1.87. The summed E-state index contributed by atoms with van der Waals surface area (Å²) in [6.45, 7) is 3.96. The first-order valence-electron chi connectivity index (χ1n) is 5.74. The summed E-state index contributed by atoms with van der Waals surface area (Å²) in [6.07, 6.45) is 0. The molecule has 0 fully saturated rings. The Morgan fingerprint density at radius 3 is 2.67 bits per heavy atom. The molecule has 0 unspecified atom stereocenters. The molecule has 2 aromatic heterocycles. The van der Waals surface area contributed by atoms with Crippen LogP contribution in [0.2, 0.25) is 5.15 Å². The van der Waals surface area contributed by atoms with Crippen molar-refractivity contribution < 1.29 is 0 Å². The van der Waals surface area contributed by atoms with E-state index in [0.717, 1.165) is 28.1 Å². The van der Waals surface area contributed by atoms with Gasteiger partial charge in [0.05, 0.1) is 5.69 Å². The Kier molecular flexibility index (Phi) is 2.56. The van der Waals surface area contributed by atoms with Crippen molar-refractivity contribution in [2.45, 2.75) is 13.8 Å². The van der Waals surface area contributed by atoms with Gasteiger partial charge in [-0.2, -0.15) is 0 Å². The summed E-state index contributed by atoms with van der Waals surface area (Å²) in [4.78, 5) is 12.0. The molecule has 3 aromatic rings. The summed E-state index contributed by atoms with van der Waals surface area (Å²) in [5.74, 6) is 0.735. The number of hydrogen-bond donors (Lipinski definition) is 1. The van der Waals surface area contributed by atoms with E-state index in [1.165, 1.54) is 5.56 Å². The molecule has 0 aliphatic rings. The molecule has 0 radical (unpaired) electrons. The summed E-state index contributed by atoms with van der Waals surface area (Å²) in [5.41, 5.74) is 4.02. The molecule has 3 nitrogen and oxygen atoms in total. The lowest BCUT2D eigenvalue weighted by molar-refractivity contribution is 1.08. The largest absolute Gasteiger partial charge is 0.330 e. The zero-order valence-electron chi connectivity index (χ0n) is 10.2. The number of halogens is 1. The van der Waals surface area contributed by atoms with Gasteiger partial charge in [-0.3, -0.25) is 0 Å². The van der Waals surface area contributed by atoms with Crippen LogP contribution in [0.5, 0.6) is 0 Å². The molecular formula is C14H12ClN3. The third kappa shape index (κ3) is 1.77. The van der Waals surface area contributed by atoms with Gasteiger partial charge in [0.2, 0.25) is 0 Å². The maximum Gasteiger partial charge on any atom is 0.142 e. The van der Waals surface area contributed by atoms with Crippen LogP contribution < -0.4 is 0 Å². The number of hydrogen-bond acceptors (Lipinski definition) is 2. The lowest BCUT2D eigenvalue weighted by Gasteiger charge is -2.06. The van der Waals surface area contributed by atoms with Crippen molar-refractivity contribution in [3.63, 3.8) is 0 Å². The highest BCUT2D eigenvalue weighted by Gasteiger charge is 2.12. The molecular weight excluding hydrogens is 246 g/mol. The lowest BCUT2D eigenvalue weighted by Crippen LogP contribution is -1.94. The number of rotatable bonds is 1. The van der Waals surface area contributed by atoms with E-state index in [4.69, 9.17) is 11.6 Å². The minimum absolute atomic E-state index is 0.583. The molecule has 0 saturated heterocycles. The van der Waals surface area contributed by atoms with Crippen LogP contribution in [0.4, 0.5) is 0 Å². The summed E-state index contributed by atoms with van der Waals surface area (Å²) < 4.78 is 0. The Labute approximate surface area is 110 Å². The summed E-state index contributed by atoms with van der Waals surface area (Å²) in [7, 11) is 0. The number of aromatic nitrogens is 3.